The van der Waals surface area contributed by atoms with Gasteiger partial charge in [-0.15, -0.1) is 0 Å². The van der Waals surface area contributed by atoms with E-state index in [4.69, 9.17) is 14.5 Å². The van der Waals surface area contributed by atoms with Crippen LogP contribution in [0.3, 0.4) is 0 Å². The summed E-state index contributed by atoms with van der Waals surface area (Å²) in [4.78, 5) is 19.7. The average molecular weight is 412 g/mol. The van der Waals surface area contributed by atoms with Crippen LogP contribution < -0.4 is 14.4 Å². The number of hydrogen-bond acceptors (Lipinski definition) is 4. The van der Waals surface area contributed by atoms with Crippen molar-refractivity contribution >= 4 is 23.5 Å². The molecule has 1 amide bonds. The maximum Gasteiger partial charge on any atom is 0.282 e. The van der Waals surface area contributed by atoms with Crippen LogP contribution >= 0.6 is 0 Å². The maximum absolute atomic E-state index is 13.4. The van der Waals surface area contributed by atoms with Gasteiger partial charge in [-0.25, -0.2) is 4.99 Å². The molecule has 4 rings (SSSR count). The van der Waals surface area contributed by atoms with E-state index in [1.165, 1.54) is 0 Å². The number of ether oxygens (including phenoxy) is 2. The highest BCUT2D eigenvalue weighted by molar-refractivity contribution is 6.33. The first-order valence-corrected chi connectivity index (χ1v) is 10.2. The van der Waals surface area contributed by atoms with Gasteiger partial charge in [-0.05, 0) is 74.0 Å². The van der Waals surface area contributed by atoms with Crippen LogP contribution in [0.1, 0.15) is 23.6 Å². The number of nitrogens with zero attached hydrogens (tertiary/aromatic N) is 2. The monoisotopic (exact) mass is 412 g/mol. The van der Waals surface area contributed by atoms with Gasteiger partial charge in [-0.1, -0.05) is 29.8 Å². The van der Waals surface area contributed by atoms with Gasteiger partial charge in [0, 0.05) is 5.56 Å². The van der Waals surface area contributed by atoms with Crippen molar-refractivity contribution in [1.29, 1.82) is 0 Å². The zero-order valence-corrected chi connectivity index (χ0v) is 17.8. The van der Waals surface area contributed by atoms with E-state index in [2.05, 4.69) is 0 Å². The molecule has 0 spiro atoms. The third kappa shape index (κ3) is 4.36. The summed E-state index contributed by atoms with van der Waals surface area (Å²) in [6, 6.07) is 23.0. The lowest BCUT2D eigenvalue weighted by Crippen LogP contribution is -2.32. The fraction of sp³-hybridized carbons (Fsp3) is 0.154. The van der Waals surface area contributed by atoms with E-state index in [0.717, 1.165) is 33.9 Å². The summed E-state index contributed by atoms with van der Waals surface area (Å²) in [7, 11) is 1.63. The Hall–Kier alpha value is -3.86. The number of aryl methyl sites for hydroxylation is 1. The third-order valence-electron chi connectivity index (χ3n) is 5.00. The average Bonchev–Trinajstić information content (AvgIpc) is 3.12. The molecule has 31 heavy (non-hydrogen) atoms. The molecule has 0 N–H and O–H groups in total. The molecule has 0 atom stereocenters. The number of carbonyl (C=O) groups excluding carboxylic acids is 1. The number of methoxy groups -OCH3 is 1. The quantitative estimate of drug-likeness (QED) is 0.521. The Labute approximate surface area is 182 Å². The summed E-state index contributed by atoms with van der Waals surface area (Å²) in [6.45, 7) is 4.58. The van der Waals surface area contributed by atoms with Gasteiger partial charge in [-0.3, -0.25) is 9.69 Å². The van der Waals surface area contributed by atoms with E-state index in [1.807, 2.05) is 86.6 Å². The van der Waals surface area contributed by atoms with Crippen LogP contribution in [-0.2, 0) is 4.79 Å². The SMILES string of the molecule is CCOc1ccc(/C=C2/N=C(c3ccc(OC)cc3)N(c3ccc(C)cc3)C2=O)cc1. The topological polar surface area (TPSA) is 51.1 Å². The number of amidine groups is 1. The van der Waals surface area contributed by atoms with Crippen LogP contribution in [-0.4, -0.2) is 25.5 Å². The Morgan fingerprint density at radius 3 is 2.16 bits per heavy atom. The molecule has 0 radical (unpaired) electrons. The van der Waals surface area contributed by atoms with Gasteiger partial charge in [0.05, 0.1) is 19.4 Å². The first kappa shape index (κ1) is 20.4. The molecule has 5 nitrogen and oxygen atoms in total. The number of benzene rings is 3. The lowest BCUT2D eigenvalue weighted by molar-refractivity contribution is -0.113. The Kier molecular flexibility index (Phi) is 5.85. The molecule has 0 bridgehead atoms. The lowest BCUT2D eigenvalue weighted by Gasteiger charge is -2.19. The van der Waals surface area contributed by atoms with E-state index < -0.39 is 0 Å². The maximum atomic E-state index is 13.4. The Morgan fingerprint density at radius 1 is 0.903 bits per heavy atom. The van der Waals surface area contributed by atoms with Gasteiger partial charge < -0.3 is 9.47 Å². The largest absolute Gasteiger partial charge is 0.497 e. The highest BCUT2D eigenvalue weighted by atomic mass is 16.5. The van der Waals surface area contributed by atoms with E-state index in [-0.39, 0.29) is 5.91 Å². The van der Waals surface area contributed by atoms with Crippen LogP contribution in [0.15, 0.2) is 83.5 Å². The molecule has 1 aliphatic heterocycles. The van der Waals surface area contributed by atoms with E-state index in [9.17, 15) is 4.79 Å². The predicted molar refractivity (Wildman–Crippen MR) is 124 cm³/mol. The first-order valence-electron chi connectivity index (χ1n) is 10.2. The van der Waals surface area contributed by atoms with Crippen LogP contribution in [0.2, 0.25) is 0 Å². The summed E-state index contributed by atoms with van der Waals surface area (Å²) >= 11 is 0. The zero-order valence-electron chi connectivity index (χ0n) is 17.8. The van der Waals surface area contributed by atoms with Crippen molar-refractivity contribution in [2.24, 2.45) is 4.99 Å². The Balaban J connectivity index is 1.74. The Bertz CT molecular complexity index is 1130. The molecule has 0 aromatic heterocycles. The highest BCUT2D eigenvalue weighted by Crippen LogP contribution is 2.29. The number of aliphatic imine (C=N–C) groups is 1. The predicted octanol–water partition coefficient (Wildman–Crippen LogP) is 5.24. The van der Waals surface area contributed by atoms with Crippen molar-refractivity contribution in [3.8, 4) is 11.5 Å². The normalized spacial score (nSPS) is 14.7. The van der Waals surface area contributed by atoms with Gasteiger partial charge in [0.15, 0.2) is 0 Å². The molecule has 0 unspecified atom stereocenters. The van der Waals surface area contributed by atoms with Crippen molar-refractivity contribution in [3.63, 3.8) is 0 Å². The van der Waals surface area contributed by atoms with Crippen LogP contribution in [0.4, 0.5) is 5.69 Å². The fourth-order valence-electron chi connectivity index (χ4n) is 3.37. The fourth-order valence-corrected chi connectivity index (χ4v) is 3.37. The third-order valence-corrected chi connectivity index (χ3v) is 5.00. The number of hydrogen-bond donors (Lipinski definition) is 0. The molecular weight excluding hydrogens is 388 g/mol. The second-order valence-corrected chi connectivity index (χ2v) is 7.17. The summed E-state index contributed by atoms with van der Waals surface area (Å²) in [5.41, 5.74) is 4.01. The molecule has 5 heteroatoms. The molecule has 1 aliphatic rings. The van der Waals surface area contributed by atoms with Crippen LogP contribution in [0.5, 0.6) is 11.5 Å². The summed E-state index contributed by atoms with van der Waals surface area (Å²) in [5, 5.41) is 0. The van der Waals surface area contributed by atoms with Gasteiger partial charge in [0.1, 0.15) is 23.0 Å². The standard InChI is InChI=1S/C26H24N2O3/c1-4-31-23-13-7-19(8-14-23)17-24-26(29)28(21-11-5-18(2)6-12-21)25(27-24)20-9-15-22(30-3)16-10-20/h5-17H,4H2,1-3H3/b24-17+. The molecule has 0 saturated carbocycles. The van der Waals surface area contributed by atoms with Gasteiger partial charge in [-0.2, -0.15) is 0 Å². The van der Waals surface area contributed by atoms with Crippen LogP contribution in [0, 0.1) is 6.92 Å². The summed E-state index contributed by atoms with van der Waals surface area (Å²) in [6.07, 6.45) is 1.80. The van der Waals surface area contributed by atoms with Crippen molar-refractivity contribution in [1.82, 2.24) is 0 Å². The van der Waals surface area contributed by atoms with E-state index in [1.54, 1.807) is 18.1 Å². The molecule has 0 saturated heterocycles. The molecular formula is C26H24N2O3. The van der Waals surface area contributed by atoms with Gasteiger partial charge in [0.25, 0.3) is 5.91 Å². The minimum absolute atomic E-state index is 0.163. The number of anilines is 1. The number of amides is 1. The van der Waals surface area contributed by atoms with Crippen molar-refractivity contribution < 1.29 is 14.3 Å². The highest BCUT2D eigenvalue weighted by Gasteiger charge is 2.32. The Morgan fingerprint density at radius 2 is 1.55 bits per heavy atom. The molecule has 0 fully saturated rings. The zero-order chi connectivity index (χ0) is 21.8. The first-order chi connectivity index (χ1) is 15.1. The molecule has 3 aromatic carbocycles. The molecule has 0 aliphatic carbocycles. The smallest absolute Gasteiger partial charge is 0.282 e. The number of rotatable bonds is 6. The van der Waals surface area contributed by atoms with E-state index in [0.29, 0.717) is 18.1 Å². The summed E-state index contributed by atoms with van der Waals surface area (Å²) < 4.78 is 10.8. The summed E-state index contributed by atoms with van der Waals surface area (Å²) in [5.74, 6) is 1.98. The second kappa shape index (κ2) is 8.88. The lowest BCUT2D eigenvalue weighted by atomic mass is 10.1. The minimum Gasteiger partial charge on any atom is -0.497 e. The van der Waals surface area contributed by atoms with Gasteiger partial charge in [0.2, 0.25) is 0 Å². The number of carbonyl (C=O) groups is 1. The second-order valence-electron chi connectivity index (χ2n) is 7.17. The molecule has 1 heterocycles. The molecule has 3 aromatic rings. The van der Waals surface area contributed by atoms with Crippen molar-refractivity contribution in [3.05, 3.63) is 95.2 Å². The van der Waals surface area contributed by atoms with E-state index >= 15 is 0 Å². The van der Waals surface area contributed by atoms with Crippen LogP contribution in [0.25, 0.3) is 6.08 Å². The van der Waals surface area contributed by atoms with Crippen molar-refractivity contribution in [2.45, 2.75) is 13.8 Å². The van der Waals surface area contributed by atoms with Crippen molar-refractivity contribution in [2.75, 3.05) is 18.6 Å². The molecule has 156 valence electrons. The minimum atomic E-state index is -0.163. The van der Waals surface area contributed by atoms with Gasteiger partial charge >= 0.3 is 0 Å².